The van der Waals surface area contributed by atoms with Gasteiger partial charge in [0.1, 0.15) is 5.82 Å². The van der Waals surface area contributed by atoms with Gasteiger partial charge in [-0.25, -0.2) is 4.79 Å². The molecule has 0 unspecified atom stereocenters. The number of carboxylic acids is 1. The zero-order valence-corrected chi connectivity index (χ0v) is 22.0. The van der Waals surface area contributed by atoms with Crippen molar-refractivity contribution in [2.75, 3.05) is 11.9 Å². The van der Waals surface area contributed by atoms with Crippen molar-refractivity contribution in [2.45, 2.75) is 69.6 Å². The van der Waals surface area contributed by atoms with Crippen LogP contribution >= 0.6 is 0 Å². The molecule has 2 aliphatic carbocycles. The molecule has 1 amide bonds. The second kappa shape index (κ2) is 11.8. The highest BCUT2D eigenvalue weighted by Gasteiger charge is 2.39. The molecule has 2 heterocycles. The standard InChI is InChI=1S/C27H31N5O.C2HF3O2/c33-27(21-8-4-6-19(14-21)23-16-24(23)28-17-18-11-12-18)29-22-9-5-7-20(15-22)26-31-30-25-10-2-1-3-13-32(25)26;3-2(4,5)1(6)7/h4-9,14-15,18,23-24,28H,1-3,10-13,16-17H2,(H,29,33);(H,6,7)/t23-,24+;/m0./s1. The van der Waals surface area contributed by atoms with Gasteiger partial charge in [-0.3, -0.25) is 4.79 Å². The van der Waals surface area contributed by atoms with Gasteiger partial charge in [-0.05, 0) is 74.4 Å². The van der Waals surface area contributed by atoms with E-state index in [-0.39, 0.29) is 5.91 Å². The molecule has 40 heavy (non-hydrogen) atoms. The van der Waals surface area contributed by atoms with Crippen LogP contribution in [0.2, 0.25) is 0 Å². The first-order valence-corrected chi connectivity index (χ1v) is 13.7. The zero-order valence-electron chi connectivity index (χ0n) is 22.0. The first-order valence-electron chi connectivity index (χ1n) is 13.7. The Morgan fingerprint density at radius 1 is 1.02 bits per heavy atom. The van der Waals surface area contributed by atoms with Crippen molar-refractivity contribution in [1.29, 1.82) is 0 Å². The molecule has 0 spiro atoms. The van der Waals surface area contributed by atoms with E-state index in [1.54, 1.807) is 0 Å². The van der Waals surface area contributed by atoms with E-state index in [4.69, 9.17) is 9.90 Å². The summed E-state index contributed by atoms with van der Waals surface area (Å²) < 4.78 is 34.0. The number of rotatable bonds is 7. The summed E-state index contributed by atoms with van der Waals surface area (Å²) in [6.07, 6.45) is 3.38. The molecule has 2 fully saturated rings. The number of halogens is 3. The van der Waals surface area contributed by atoms with Crippen LogP contribution in [0.5, 0.6) is 0 Å². The Kier molecular flexibility index (Phi) is 8.20. The van der Waals surface area contributed by atoms with E-state index in [1.807, 2.05) is 36.4 Å². The number of aliphatic carboxylic acids is 1. The number of nitrogens with zero attached hydrogens (tertiary/aromatic N) is 3. The minimum atomic E-state index is -5.08. The average Bonchev–Trinajstić information content (AvgIpc) is 3.85. The van der Waals surface area contributed by atoms with E-state index in [9.17, 15) is 18.0 Å². The fourth-order valence-electron chi connectivity index (χ4n) is 4.98. The summed E-state index contributed by atoms with van der Waals surface area (Å²) in [5, 5.41) is 22.8. The Balaban J connectivity index is 0.000000411. The molecule has 2 atom stereocenters. The number of alkyl halides is 3. The number of anilines is 1. The van der Waals surface area contributed by atoms with E-state index in [0.29, 0.717) is 17.5 Å². The van der Waals surface area contributed by atoms with Gasteiger partial charge in [-0.1, -0.05) is 30.7 Å². The van der Waals surface area contributed by atoms with Gasteiger partial charge >= 0.3 is 12.1 Å². The number of nitrogens with one attached hydrogen (secondary N) is 2. The Labute approximate surface area is 230 Å². The summed E-state index contributed by atoms with van der Waals surface area (Å²) in [5.74, 6) is 0.557. The maximum Gasteiger partial charge on any atom is 0.490 e. The molecule has 0 bridgehead atoms. The molecule has 2 saturated carbocycles. The molecule has 3 aliphatic rings. The predicted octanol–water partition coefficient (Wildman–Crippen LogP) is 5.41. The summed E-state index contributed by atoms with van der Waals surface area (Å²) in [6, 6.07) is 16.6. The largest absolute Gasteiger partial charge is 0.490 e. The second-order valence-corrected chi connectivity index (χ2v) is 10.7. The van der Waals surface area contributed by atoms with Crippen molar-refractivity contribution >= 4 is 17.6 Å². The van der Waals surface area contributed by atoms with Crippen LogP contribution < -0.4 is 10.6 Å². The number of carbonyl (C=O) groups is 2. The number of aryl methyl sites for hydroxylation is 1. The maximum atomic E-state index is 13.0. The molecule has 6 rings (SSSR count). The van der Waals surface area contributed by atoms with E-state index in [0.717, 1.165) is 54.7 Å². The summed E-state index contributed by atoms with van der Waals surface area (Å²) in [6.45, 7) is 2.10. The highest BCUT2D eigenvalue weighted by molar-refractivity contribution is 6.04. The number of hydrogen-bond acceptors (Lipinski definition) is 5. The molecule has 8 nitrogen and oxygen atoms in total. The molecular weight excluding hydrogens is 523 g/mol. The Hall–Kier alpha value is -3.73. The van der Waals surface area contributed by atoms with Gasteiger partial charge in [0.05, 0.1) is 0 Å². The van der Waals surface area contributed by atoms with Crippen LogP contribution in [0.1, 0.15) is 66.2 Å². The third-order valence-electron chi connectivity index (χ3n) is 7.46. The molecule has 0 saturated heterocycles. The van der Waals surface area contributed by atoms with E-state index >= 15 is 0 Å². The molecule has 1 aromatic heterocycles. The lowest BCUT2D eigenvalue weighted by Gasteiger charge is -2.10. The Morgan fingerprint density at radius 2 is 1.80 bits per heavy atom. The number of carboxylic acid groups (broad SMARTS) is 1. The molecule has 3 aromatic rings. The lowest BCUT2D eigenvalue weighted by Crippen LogP contribution is -2.21. The predicted molar refractivity (Wildman–Crippen MR) is 143 cm³/mol. The normalized spacial score (nSPS) is 20.0. The van der Waals surface area contributed by atoms with E-state index < -0.39 is 12.1 Å². The maximum absolute atomic E-state index is 13.0. The van der Waals surface area contributed by atoms with Gasteiger partial charge in [-0.15, -0.1) is 10.2 Å². The van der Waals surface area contributed by atoms with Gasteiger partial charge in [0.15, 0.2) is 5.82 Å². The van der Waals surface area contributed by atoms with Crippen molar-refractivity contribution in [3.8, 4) is 11.4 Å². The molecule has 212 valence electrons. The Morgan fingerprint density at radius 3 is 2.55 bits per heavy atom. The van der Waals surface area contributed by atoms with Crippen molar-refractivity contribution in [2.24, 2.45) is 5.92 Å². The number of aromatic nitrogens is 3. The van der Waals surface area contributed by atoms with Crippen LogP contribution in [0.25, 0.3) is 11.4 Å². The van der Waals surface area contributed by atoms with Crippen LogP contribution in [0, 0.1) is 5.92 Å². The molecular formula is C29H32F3N5O3. The van der Waals surface area contributed by atoms with Crippen LogP contribution in [-0.2, 0) is 17.8 Å². The van der Waals surface area contributed by atoms with Gasteiger partial charge in [0.2, 0.25) is 0 Å². The molecule has 0 radical (unpaired) electrons. The van der Waals surface area contributed by atoms with Crippen LogP contribution in [0.15, 0.2) is 48.5 Å². The number of carbonyl (C=O) groups excluding carboxylic acids is 1. The van der Waals surface area contributed by atoms with Crippen LogP contribution in [0.3, 0.4) is 0 Å². The topological polar surface area (TPSA) is 109 Å². The molecule has 2 aromatic carbocycles. The van der Waals surface area contributed by atoms with Crippen LogP contribution in [-0.4, -0.2) is 50.5 Å². The third-order valence-corrected chi connectivity index (χ3v) is 7.46. The van der Waals surface area contributed by atoms with Crippen molar-refractivity contribution in [1.82, 2.24) is 20.1 Å². The first kappa shape index (κ1) is 27.8. The van der Waals surface area contributed by atoms with E-state index in [1.165, 1.54) is 37.7 Å². The summed E-state index contributed by atoms with van der Waals surface area (Å²) in [7, 11) is 0. The van der Waals surface area contributed by atoms with Crippen molar-refractivity contribution in [3.63, 3.8) is 0 Å². The van der Waals surface area contributed by atoms with Crippen molar-refractivity contribution < 1.29 is 27.9 Å². The molecule has 1 aliphatic heterocycles. The lowest BCUT2D eigenvalue weighted by atomic mass is 10.1. The highest BCUT2D eigenvalue weighted by atomic mass is 19.4. The van der Waals surface area contributed by atoms with E-state index in [2.05, 4.69) is 37.5 Å². The average molecular weight is 556 g/mol. The quantitative estimate of drug-likeness (QED) is 0.360. The molecule has 11 heteroatoms. The number of benzene rings is 2. The zero-order chi connectivity index (χ0) is 28.3. The second-order valence-electron chi connectivity index (χ2n) is 10.7. The number of hydrogen-bond donors (Lipinski definition) is 3. The Bertz CT molecular complexity index is 1370. The summed E-state index contributed by atoms with van der Waals surface area (Å²) in [4.78, 5) is 21.9. The third kappa shape index (κ3) is 7.07. The minimum Gasteiger partial charge on any atom is -0.475 e. The highest BCUT2D eigenvalue weighted by Crippen LogP contribution is 2.42. The van der Waals surface area contributed by atoms with Gasteiger partial charge in [0.25, 0.3) is 5.91 Å². The molecule has 3 N–H and O–H groups in total. The fourth-order valence-corrected chi connectivity index (χ4v) is 4.98. The van der Waals surface area contributed by atoms with Crippen molar-refractivity contribution in [3.05, 3.63) is 65.5 Å². The monoisotopic (exact) mass is 555 g/mol. The van der Waals surface area contributed by atoms with Gasteiger partial charge in [0, 0.05) is 41.7 Å². The first-order chi connectivity index (χ1) is 19.2. The fraction of sp³-hybridized carbons (Fsp3) is 0.448. The smallest absolute Gasteiger partial charge is 0.475 e. The summed E-state index contributed by atoms with van der Waals surface area (Å²) >= 11 is 0. The summed E-state index contributed by atoms with van der Waals surface area (Å²) in [5.41, 5.74) is 3.74. The lowest BCUT2D eigenvalue weighted by molar-refractivity contribution is -0.192. The number of amides is 1. The number of fused-ring (bicyclic) bond motifs is 1. The SMILES string of the molecule is O=C(Nc1cccc(-c2nnc3n2CCCCC3)c1)c1cccc([C@@H]2C[C@H]2NCC2CC2)c1.O=C(O)C(F)(F)F. The van der Waals surface area contributed by atoms with Crippen LogP contribution in [0.4, 0.5) is 18.9 Å². The minimum absolute atomic E-state index is 0.0720. The van der Waals surface area contributed by atoms with Gasteiger partial charge in [-0.2, -0.15) is 13.2 Å². The van der Waals surface area contributed by atoms with Gasteiger partial charge < -0.3 is 20.3 Å².